The quantitative estimate of drug-likeness (QED) is 0.684. The van der Waals surface area contributed by atoms with Gasteiger partial charge in [0.2, 0.25) is 0 Å². The first kappa shape index (κ1) is 12.0. The summed E-state index contributed by atoms with van der Waals surface area (Å²) in [4.78, 5) is 10.6. The van der Waals surface area contributed by atoms with Crippen LogP contribution in [0.5, 0.6) is 0 Å². The summed E-state index contributed by atoms with van der Waals surface area (Å²) in [7, 11) is 0. The van der Waals surface area contributed by atoms with Gasteiger partial charge in [-0.1, -0.05) is 12.1 Å². The highest BCUT2D eigenvalue weighted by molar-refractivity contribution is 5.39. The molecule has 2 aliphatic heterocycles. The van der Waals surface area contributed by atoms with Gasteiger partial charge in [0.1, 0.15) is 5.72 Å². The van der Waals surface area contributed by atoms with Crippen molar-refractivity contribution in [3.63, 3.8) is 0 Å². The molecule has 2 saturated heterocycles. The molecule has 1 aromatic carbocycles. The molecular formula is C18H18N2O3. The van der Waals surface area contributed by atoms with E-state index in [4.69, 9.17) is 4.74 Å². The minimum Gasteiger partial charge on any atom is -0.356 e. The maximum Gasteiger partial charge on any atom is 0.269 e. The minimum absolute atomic E-state index is 0.0955. The molecule has 2 heterocycles. The fourth-order valence-corrected chi connectivity index (χ4v) is 8.31. The van der Waals surface area contributed by atoms with E-state index in [1.807, 2.05) is 6.07 Å². The number of rotatable bonds is 4. The molecule has 0 unspecified atom stereocenters. The van der Waals surface area contributed by atoms with Crippen molar-refractivity contribution in [3.05, 3.63) is 39.9 Å². The summed E-state index contributed by atoms with van der Waals surface area (Å²) < 4.78 is 6.61. The number of nitrogens with one attached hydrogen (secondary N) is 1. The van der Waals surface area contributed by atoms with Crippen LogP contribution in [0.4, 0.5) is 5.69 Å². The molecule has 23 heavy (non-hydrogen) atoms. The number of benzene rings is 1. The summed E-state index contributed by atoms with van der Waals surface area (Å²) in [6.07, 6.45) is 1.99. The Morgan fingerprint density at radius 2 is 2.13 bits per heavy atom. The highest BCUT2D eigenvalue weighted by atomic mass is 16.6. The fourth-order valence-electron chi connectivity index (χ4n) is 8.31. The van der Waals surface area contributed by atoms with Crippen molar-refractivity contribution in [2.24, 2.45) is 47.3 Å². The van der Waals surface area contributed by atoms with Gasteiger partial charge in [0.05, 0.1) is 11.0 Å². The number of nitrogens with zero attached hydrogens (tertiary/aromatic N) is 1. The Morgan fingerprint density at radius 3 is 3.00 bits per heavy atom. The van der Waals surface area contributed by atoms with Gasteiger partial charge < -0.3 is 4.74 Å². The highest BCUT2D eigenvalue weighted by Crippen LogP contribution is 2.89. The van der Waals surface area contributed by atoms with E-state index in [0.717, 1.165) is 52.9 Å². The van der Waals surface area contributed by atoms with Gasteiger partial charge in [-0.15, -0.1) is 0 Å². The second kappa shape index (κ2) is 3.33. The van der Waals surface area contributed by atoms with Gasteiger partial charge in [-0.05, 0) is 47.5 Å². The molecule has 5 aliphatic carbocycles. The van der Waals surface area contributed by atoms with Crippen molar-refractivity contribution in [2.75, 3.05) is 0 Å². The molecular weight excluding hydrogens is 292 g/mol. The normalized spacial score (nSPS) is 57.7. The van der Waals surface area contributed by atoms with E-state index in [-0.39, 0.29) is 16.3 Å². The zero-order valence-corrected chi connectivity index (χ0v) is 12.6. The summed E-state index contributed by atoms with van der Waals surface area (Å²) in [5, 5.41) is 14.7. The van der Waals surface area contributed by atoms with Crippen LogP contribution in [-0.4, -0.2) is 16.8 Å². The van der Waals surface area contributed by atoms with Gasteiger partial charge in [0.25, 0.3) is 5.69 Å². The van der Waals surface area contributed by atoms with Crippen molar-refractivity contribution in [3.8, 4) is 0 Å². The predicted molar refractivity (Wildman–Crippen MR) is 80.1 cm³/mol. The van der Waals surface area contributed by atoms with E-state index in [9.17, 15) is 10.1 Å². The standard InChI is InChI=1S/C18H18N2O3/c21-20(22)8-3-1-2-7(4-8)6-19-18-15-10-5-9-11-12(10)16(18)14(11)17(23-18)13(9)15/h1-4,9-17,19H,5-6H2/t9-,10+,11-,12+,13+,14+,15+,16+,17-,18+/m0/s1. The molecule has 1 aromatic rings. The van der Waals surface area contributed by atoms with Crippen LogP contribution in [0.1, 0.15) is 12.0 Å². The smallest absolute Gasteiger partial charge is 0.269 e. The van der Waals surface area contributed by atoms with Gasteiger partial charge in [-0.2, -0.15) is 0 Å². The van der Waals surface area contributed by atoms with Crippen LogP contribution in [0.15, 0.2) is 24.3 Å². The molecule has 0 radical (unpaired) electrons. The predicted octanol–water partition coefficient (Wildman–Crippen LogP) is 2.17. The first-order valence-electron chi connectivity index (χ1n) is 8.87. The number of hydrogen-bond donors (Lipinski definition) is 1. The number of nitro benzene ring substituents is 1. The molecule has 8 rings (SSSR count). The Morgan fingerprint density at radius 1 is 1.22 bits per heavy atom. The molecule has 10 atom stereocenters. The second-order valence-electron chi connectivity index (χ2n) is 8.58. The van der Waals surface area contributed by atoms with Crippen LogP contribution in [0.2, 0.25) is 0 Å². The average Bonchev–Trinajstić information content (AvgIpc) is 3.18. The lowest BCUT2D eigenvalue weighted by molar-refractivity contribution is -0.384. The molecule has 118 valence electrons. The Kier molecular flexibility index (Phi) is 1.73. The summed E-state index contributed by atoms with van der Waals surface area (Å²) in [5.41, 5.74) is 1.07. The summed E-state index contributed by atoms with van der Waals surface area (Å²) in [5.74, 6) is 6.89. The van der Waals surface area contributed by atoms with Crippen molar-refractivity contribution in [1.82, 2.24) is 5.32 Å². The van der Waals surface area contributed by atoms with E-state index in [0.29, 0.717) is 12.6 Å². The largest absolute Gasteiger partial charge is 0.356 e. The lowest BCUT2D eigenvalue weighted by atomic mass is 9.59. The fraction of sp³-hybridized carbons (Fsp3) is 0.667. The van der Waals surface area contributed by atoms with E-state index >= 15 is 0 Å². The van der Waals surface area contributed by atoms with Crippen molar-refractivity contribution in [1.29, 1.82) is 0 Å². The molecule has 4 bridgehead atoms. The van der Waals surface area contributed by atoms with Crippen LogP contribution in [0.3, 0.4) is 0 Å². The monoisotopic (exact) mass is 310 g/mol. The van der Waals surface area contributed by atoms with Crippen molar-refractivity contribution >= 4 is 5.69 Å². The Labute approximate surface area is 133 Å². The van der Waals surface area contributed by atoms with E-state index < -0.39 is 0 Å². The zero-order valence-electron chi connectivity index (χ0n) is 12.6. The maximum absolute atomic E-state index is 11.0. The summed E-state index contributed by atoms with van der Waals surface area (Å²) in [6, 6.07) is 7.00. The van der Waals surface area contributed by atoms with Crippen LogP contribution in [0, 0.1) is 57.5 Å². The van der Waals surface area contributed by atoms with Gasteiger partial charge in [0.15, 0.2) is 0 Å². The number of non-ortho nitro benzene ring substituents is 1. The number of hydrogen-bond acceptors (Lipinski definition) is 4. The Bertz CT molecular complexity index is 771. The first-order valence-corrected chi connectivity index (χ1v) is 8.87. The van der Waals surface area contributed by atoms with Gasteiger partial charge in [0, 0.05) is 30.5 Å². The van der Waals surface area contributed by atoms with Crippen LogP contribution < -0.4 is 5.32 Å². The average molecular weight is 310 g/mol. The molecule has 1 N–H and O–H groups in total. The Balaban J connectivity index is 1.22. The molecule has 5 saturated carbocycles. The van der Waals surface area contributed by atoms with E-state index in [2.05, 4.69) is 5.32 Å². The van der Waals surface area contributed by atoms with Crippen LogP contribution in [0.25, 0.3) is 0 Å². The lowest BCUT2D eigenvalue weighted by Gasteiger charge is -2.46. The molecule has 7 aliphatic rings. The summed E-state index contributed by atoms with van der Waals surface area (Å²) >= 11 is 0. The maximum atomic E-state index is 11.0. The molecule has 0 aromatic heterocycles. The minimum atomic E-state index is -0.318. The van der Waals surface area contributed by atoms with Gasteiger partial charge >= 0.3 is 0 Å². The van der Waals surface area contributed by atoms with E-state index in [1.165, 1.54) is 6.42 Å². The third-order valence-corrected chi connectivity index (χ3v) is 8.39. The zero-order chi connectivity index (χ0) is 15.1. The first-order chi connectivity index (χ1) is 11.2. The van der Waals surface area contributed by atoms with Gasteiger partial charge in [-0.25, -0.2) is 0 Å². The topological polar surface area (TPSA) is 64.4 Å². The molecule has 5 heteroatoms. The molecule has 7 fully saturated rings. The number of nitro groups is 1. The highest BCUT2D eigenvalue weighted by Gasteiger charge is 2.92. The molecule has 0 spiro atoms. The molecule has 0 amide bonds. The van der Waals surface area contributed by atoms with Crippen LogP contribution >= 0.6 is 0 Å². The molecule has 5 nitrogen and oxygen atoms in total. The SMILES string of the molecule is O=[N+]([O-])c1cccc(CN[C@]23O[C@@H]4[C@@H]5[C@H]6[C@@H]7C[C@H]([C@H]6[C@H]52)[C@@H]3[C@@H]74)c1. The van der Waals surface area contributed by atoms with Crippen molar-refractivity contribution < 1.29 is 9.66 Å². The third-order valence-electron chi connectivity index (χ3n) is 8.39. The van der Waals surface area contributed by atoms with Gasteiger partial charge in [-0.3, -0.25) is 15.4 Å². The van der Waals surface area contributed by atoms with Crippen LogP contribution in [-0.2, 0) is 11.3 Å². The van der Waals surface area contributed by atoms with Crippen molar-refractivity contribution in [2.45, 2.75) is 24.8 Å². The lowest BCUT2D eigenvalue weighted by Crippen LogP contribution is -2.56. The second-order valence-corrected chi connectivity index (χ2v) is 8.58. The number of ether oxygens (including phenoxy) is 1. The Hall–Kier alpha value is -1.46. The third kappa shape index (κ3) is 1.01. The van der Waals surface area contributed by atoms with E-state index in [1.54, 1.807) is 18.2 Å². The summed E-state index contributed by atoms with van der Waals surface area (Å²) in [6.45, 7) is 0.676.